The van der Waals surface area contributed by atoms with Crippen molar-refractivity contribution in [3.63, 3.8) is 0 Å². The van der Waals surface area contributed by atoms with Gasteiger partial charge >= 0.3 is 0 Å². The van der Waals surface area contributed by atoms with Gasteiger partial charge in [-0.1, -0.05) is 20.8 Å². The van der Waals surface area contributed by atoms with Gasteiger partial charge in [-0.05, 0) is 18.6 Å². The lowest BCUT2D eigenvalue weighted by Gasteiger charge is -2.22. The largest absolute Gasteiger partial charge is 0.467 e. The molecule has 0 aliphatic rings. The van der Waals surface area contributed by atoms with E-state index in [-0.39, 0.29) is 12.1 Å². The Morgan fingerprint density at radius 3 is 2.63 bits per heavy atom. The molecule has 0 bridgehead atoms. The Balaban J connectivity index is 2.46. The summed E-state index contributed by atoms with van der Waals surface area (Å²) in [6.45, 7) is 6.21. The molecule has 0 fully saturated rings. The minimum Gasteiger partial charge on any atom is -0.467 e. The van der Waals surface area contributed by atoms with Crippen LogP contribution in [-0.4, -0.2) is 20.8 Å². The maximum atomic E-state index is 6.27. The van der Waals surface area contributed by atoms with Crippen molar-refractivity contribution < 1.29 is 4.42 Å². The summed E-state index contributed by atoms with van der Waals surface area (Å²) in [6.07, 6.45) is 4.19. The Morgan fingerprint density at radius 1 is 1.32 bits per heavy atom. The number of aromatic nitrogens is 3. The van der Waals surface area contributed by atoms with E-state index >= 15 is 0 Å². The van der Waals surface area contributed by atoms with Crippen LogP contribution in [0.3, 0.4) is 0 Å². The molecule has 0 saturated carbocycles. The van der Waals surface area contributed by atoms with Crippen molar-refractivity contribution in [2.45, 2.75) is 52.1 Å². The van der Waals surface area contributed by atoms with Crippen LogP contribution in [0, 0.1) is 0 Å². The molecule has 0 radical (unpaired) electrons. The van der Waals surface area contributed by atoms with Gasteiger partial charge in [0.05, 0.1) is 6.26 Å². The van der Waals surface area contributed by atoms with Crippen molar-refractivity contribution in [1.82, 2.24) is 14.8 Å². The second-order valence-electron chi connectivity index (χ2n) is 4.63. The van der Waals surface area contributed by atoms with E-state index in [0.29, 0.717) is 0 Å². The zero-order valence-electron chi connectivity index (χ0n) is 11.8. The second-order valence-corrected chi connectivity index (χ2v) is 4.63. The summed E-state index contributed by atoms with van der Waals surface area (Å²) in [5, 5.41) is 4.59. The molecule has 0 aliphatic carbocycles. The van der Waals surface area contributed by atoms with Gasteiger partial charge in [-0.2, -0.15) is 5.10 Å². The number of nitrogens with two attached hydrogens (primary N) is 1. The minimum atomic E-state index is -0.0808. The van der Waals surface area contributed by atoms with Gasteiger partial charge < -0.3 is 10.2 Å². The summed E-state index contributed by atoms with van der Waals surface area (Å²) in [5.41, 5.74) is 6.27. The van der Waals surface area contributed by atoms with Crippen molar-refractivity contribution >= 4 is 0 Å². The first-order chi connectivity index (χ1) is 9.21. The van der Waals surface area contributed by atoms with Gasteiger partial charge in [-0.25, -0.2) is 9.67 Å². The van der Waals surface area contributed by atoms with Gasteiger partial charge in [-0.15, -0.1) is 0 Å². The smallest absolute Gasteiger partial charge is 0.150 e. The molecule has 0 aromatic carbocycles. The van der Waals surface area contributed by atoms with Crippen molar-refractivity contribution in [3.05, 3.63) is 35.8 Å². The highest BCUT2D eigenvalue weighted by atomic mass is 16.3. The molecule has 5 nitrogen and oxygen atoms in total. The fourth-order valence-electron chi connectivity index (χ4n) is 2.21. The Morgan fingerprint density at radius 2 is 2.11 bits per heavy atom. The number of nitrogens with zero attached hydrogens (tertiary/aromatic N) is 3. The summed E-state index contributed by atoms with van der Waals surface area (Å²) in [4.78, 5) is 4.55. The summed E-state index contributed by atoms with van der Waals surface area (Å²) >= 11 is 0. The third-order valence-electron chi connectivity index (χ3n) is 3.35. The fraction of sp³-hybridized carbons (Fsp3) is 0.571. The Kier molecular flexibility index (Phi) is 4.37. The standard InChI is InChI=1S/C14H22N4O/c1-4-10(15)14(11-8-7-9-19-11)18-13(6-3)16-12(5-2)17-18/h7-10,14H,4-6,15H2,1-3H3. The number of hydrogen-bond donors (Lipinski definition) is 1. The summed E-state index contributed by atoms with van der Waals surface area (Å²) in [5.74, 6) is 2.66. The summed E-state index contributed by atoms with van der Waals surface area (Å²) in [6, 6.07) is 3.71. The molecular formula is C14H22N4O. The molecule has 0 spiro atoms. The highest BCUT2D eigenvalue weighted by Gasteiger charge is 2.26. The first kappa shape index (κ1) is 13.8. The quantitative estimate of drug-likeness (QED) is 0.867. The van der Waals surface area contributed by atoms with Gasteiger partial charge in [-0.3, -0.25) is 0 Å². The van der Waals surface area contributed by atoms with E-state index in [1.165, 1.54) is 0 Å². The van der Waals surface area contributed by atoms with Crippen LogP contribution in [-0.2, 0) is 12.8 Å². The van der Waals surface area contributed by atoms with E-state index in [9.17, 15) is 0 Å². The molecule has 19 heavy (non-hydrogen) atoms. The highest BCUT2D eigenvalue weighted by Crippen LogP contribution is 2.24. The SMILES string of the molecule is CCc1nc(CC)n(C(c2ccco2)C(N)CC)n1. The van der Waals surface area contributed by atoms with E-state index in [1.807, 2.05) is 16.8 Å². The van der Waals surface area contributed by atoms with Crippen LogP contribution < -0.4 is 5.73 Å². The first-order valence-corrected chi connectivity index (χ1v) is 6.94. The summed E-state index contributed by atoms with van der Waals surface area (Å²) in [7, 11) is 0. The van der Waals surface area contributed by atoms with Gasteiger partial charge in [0.2, 0.25) is 0 Å². The molecule has 104 valence electrons. The summed E-state index contributed by atoms with van der Waals surface area (Å²) < 4.78 is 7.48. The molecule has 0 amide bonds. The van der Waals surface area contributed by atoms with E-state index < -0.39 is 0 Å². The maximum absolute atomic E-state index is 6.27. The van der Waals surface area contributed by atoms with Crippen molar-refractivity contribution in [2.75, 3.05) is 0 Å². The van der Waals surface area contributed by atoms with Crippen LogP contribution in [0.1, 0.15) is 50.6 Å². The lowest BCUT2D eigenvalue weighted by atomic mass is 10.0. The Bertz CT molecular complexity index is 504. The lowest BCUT2D eigenvalue weighted by Crippen LogP contribution is -2.33. The van der Waals surface area contributed by atoms with Crippen molar-refractivity contribution in [1.29, 1.82) is 0 Å². The monoisotopic (exact) mass is 262 g/mol. The number of furan rings is 1. The first-order valence-electron chi connectivity index (χ1n) is 6.94. The molecule has 2 atom stereocenters. The minimum absolute atomic E-state index is 0.0390. The molecule has 2 rings (SSSR count). The third kappa shape index (κ3) is 2.71. The van der Waals surface area contributed by atoms with E-state index in [0.717, 1.165) is 36.7 Å². The number of aryl methyl sites for hydroxylation is 2. The van der Waals surface area contributed by atoms with Crippen LogP contribution in [0.4, 0.5) is 0 Å². The van der Waals surface area contributed by atoms with Crippen LogP contribution in [0.25, 0.3) is 0 Å². The fourth-order valence-corrected chi connectivity index (χ4v) is 2.21. The topological polar surface area (TPSA) is 69.9 Å². The number of hydrogen-bond acceptors (Lipinski definition) is 4. The van der Waals surface area contributed by atoms with Crippen LogP contribution in [0.15, 0.2) is 22.8 Å². The molecule has 0 saturated heterocycles. The number of rotatable bonds is 6. The van der Waals surface area contributed by atoms with E-state index in [4.69, 9.17) is 10.2 Å². The predicted octanol–water partition coefficient (Wildman–Crippen LogP) is 2.32. The van der Waals surface area contributed by atoms with Gasteiger partial charge in [0.25, 0.3) is 0 Å². The second kappa shape index (κ2) is 6.02. The molecule has 2 aromatic heterocycles. The molecule has 0 aliphatic heterocycles. The molecule has 2 unspecified atom stereocenters. The maximum Gasteiger partial charge on any atom is 0.150 e. The molecule has 2 heterocycles. The highest BCUT2D eigenvalue weighted by molar-refractivity contribution is 5.11. The van der Waals surface area contributed by atoms with Gasteiger partial charge in [0.15, 0.2) is 5.82 Å². The van der Waals surface area contributed by atoms with E-state index in [2.05, 4.69) is 30.9 Å². The molecule has 5 heteroatoms. The van der Waals surface area contributed by atoms with Gasteiger partial charge in [0.1, 0.15) is 17.6 Å². The normalized spacial score (nSPS) is 14.5. The van der Waals surface area contributed by atoms with Crippen LogP contribution in [0.5, 0.6) is 0 Å². The average molecular weight is 262 g/mol. The van der Waals surface area contributed by atoms with Crippen LogP contribution in [0.2, 0.25) is 0 Å². The molecular weight excluding hydrogens is 240 g/mol. The van der Waals surface area contributed by atoms with Gasteiger partial charge in [0, 0.05) is 18.9 Å². The van der Waals surface area contributed by atoms with Crippen molar-refractivity contribution in [3.8, 4) is 0 Å². The average Bonchev–Trinajstić information content (AvgIpc) is 3.08. The Labute approximate surface area is 113 Å². The lowest BCUT2D eigenvalue weighted by molar-refractivity contribution is 0.343. The molecule has 2 N–H and O–H groups in total. The molecule has 2 aromatic rings. The third-order valence-corrected chi connectivity index (χ3v) is 3.35. The Hall–Kier alpha value is -1.62. The van der Waals surface area contributed by atoms with Crippen LogP contribution >= 0.6 is 0 Å². The zero-order valence-corrected chi connectivity index (χ0v) is 11.8. The van der Waals surface area contributed by atoms with Crippen molar-refractivity contribution in [2.24, 2.45) is 5.73 Å². The zero-order chi connectivity index (χ0) is 13.8. The predicted molar refractivity (Wildman–Crippen MR) is 73.9 cm³/mol. The van der Waals surface area contributed by atoms with E-state index in [1.54, 1.807) is 6.26 Å².